The maximum Gasteiger partial charge on any atom is 0.336 e. The largest absolute Gasteiger partial charge is 0.493 e. The van der Waals surface area contributed by atoms with Crippen LogP contribution in [0.15, 0.2) is 51.7 Å². The van der Waals surface area contributed by atoms with Gasteiger partial charge >= 0.3 is 11.6 Å². The lowest BCUT2D eigenvalue weighted by Crippen LogP contribution is -2.10. The zero-order valence-electron chi connectivity index (χ0n) is 16.8. The molecule has 0 amide bonds. The maximum absolute atomic E-state index is 12.3. The summed E-state index contributed by atoms with van der Waals surface area (Å²) < 4.78 is 21.4. The number of rotatable bonds is 8. The second-order valence-electron chi connectivity index (χ2n) is 6.63. The summed E-state index contributed by atoms with van der Waals surface area (Å²) in [4.78, 5) is 24.1. The summed E-state index contributed by atoms with van der Waals surface area (Å²) in [6.45, 7) is 2.05. The van der Waals surface area contributed by atoms with Crippen LogP contribution in [0.4, 0.5) is 0 Å². The fourth-order valence-electron chi connectivity index (χ4n) is 3.32. The summed E-state index contributed by atoms with van der Waals surface area (Å²) in [5.41, 5.74) is 1.80. The molecular weight excluding hydrogens is 372 g/mol. The molecule has 0 aliphatic heterocycles. The van der Waals surface area contributed by atoms with Crippen molar-refractivity contribution in [3.05, 3.63) is 64.0 Å². The summed E-state index contributed by atoms with van der Waals surface area (Å²) in [6.07, 6.45) is 2.32. The number of hydrogen-bond acceptors (Lipinski definition) is 6. The van der Waals surface area contributed by atoms with Crippen LogP contribution in [0, 0.1) is 0 Å². The molecule has 0 saturated heterocycles. The zero-order valence-corrected chi connectivity index (χ0v) is 16.8. The van der Waals surface area contributed by atoms with Gasteiger partial charge in [-0.15, -0.1) is 0 Å². The first-order chi connectivity index (χ1) is 14.0. The number of benzene rings is 2. The number of fused-ring (bicyclic) bond motifs is 1. The van der Waals surface area contributed by atoms with Crippen molar-refractivity contribution in [1.29, 1.82) is 0 Å². The lowest BCUT2D eigenvalue weighted by atomic mass is 10.1. The Kier molecular flexibility index (Phi) is 6.54. The Morgan fingerprint density at radius 3 is 2.55 bits per heavy atom. The van der Waals surface area contributed by atoms with Crippen molar-refractivity contribution < 1.29 is 23.4 Å². The molecule has 152 valence electrons. The number of para-hydroxylation sites is 1. The molecule has 3 rings (SSSR count). The van der Waals surface area contributed by atoms with Gasteiger partial charge in [-0.05, 0) is 42.2 Å². The molecule has 2 aromatic carbocycles. The third-order valence-electron chi connectivity index (χ3n) is 4.64. The van der Waals surface area contributed by atoms with Crippen LogP contribution in [0.5, 0.6) is 17.2 Å². The van der Waals surface area contributed by atoms with Crippen molar-refractivity contribution in [2.45, 2.75) is 32.6 Å². The lowest BCUT2D eigenvalue weighted by molar-refractivity contribution is -0.134. The van der Waals surface area contributed by atoms with Crippen LogP contribution in [0.25, 0.3) is 11.0 Å². The van der Waals surface area contributed by atoms with E-state index in [1.54, 1.807) is 32.4 Å². The first-order valence-corrected chi connectivity index (χ1v) is 9.53. The quantitative estimate of drug-likeness (QED) is 0.321. The topological polar surface area (TPSA) is 75.0 Å². The van der Waals surface area contributed by atoms with E-state index in [1.807, 2.05) is 25.1 Å². The van der Waals surface area contributed by atoms with E-state index in [2.05, 4.69) is 0 Å². The molecule has 1 aromatic heterocycles. The van der Waals surface area contributed by atoms with Gasteiger partial charge in [-0.1, -0.05) is 25.5 Å². The van der Waals surface area contributed by atoms with Crippen LogP contribution >= 0.6 is 0 Å². The molecule has 0 unspecified atom stereocenters. The minimum Gasteiger partial charge on any atom is -0.493 e. The average Bonchev–Trinajstić information content (AvgIpc) is 2.71. The molecule has 0 atom stereocenters. The Morgan fingerprint density at radius 2 is 1.83 bits per heavy atom. The van der Waals surface area contributed by atoms with E-state index < -0.39 is 5.63 Å². The highest BCUT2D eigenvalue weighted by molar-refractivity contribution is 5.82. The van der Waals surface area contributed by atoms with E-state index in [4.69, 9.17) is 18.6 Å². The molecule has 0 aliphatic rings. The Morgan fingerprint density at radius 1 is 1.00 bits per heavy atom. The Bertz CT molecular complexity index is 1070. The number of hydrogen-bond donors (Lipinski definition) is 0. The van der Waals surface area contributed by atoms with Crippen LogP contribution in [-0.2, 0) is 17.6 Å². The van der Waals surface area contributed by atoms with E-state index in [0.29, 0.717) is 29.3 Å². The molecule has 6 heteroatoms. The number of carbonyl (C=O) groups excluding carboxylic acids is 1. The molecule has 0 N–H and O–H groups in total. The Labute approximate surface area is 169 Å². The molecule has 0 fully saturated rings. The first-order valence-electron chi connectivity index (χ1n) is 9.53. The van der Waals surface area contributed by atoms with Gasteiger partial charge in [0.15, 0.2) is 11.5 Å². The van der Waals surface area contributed by atoms with Gasteiger partial charge in [0.05, 0.1) is 20.6 Å². The van der Waals surface area contributed by atoms with E-state index >= 15 is 0 Å². The molecular formula is C23H24O6. The van der Waals surface area contributed by atoms with Crippen LogP contribution in [-0.4, -0.2) is 20.2 Å². The van der Waals surface area contributed by atoms with Crippen LogP contribution in [0.3, 0.4) is 0 Å². The predicted molar refractivity (Wildman–Crippen MR) is 110 cm³/mol. The molecule has 0 saturated carbocycles. The molecule has 0 radical (unpaired) electrons. The van der Waals surface area contributed by atoms with E-state index in [9.17, 15) is 9.59 Å². The SMILES string of the molecule is CCCc1cc(=O)oc2cc(OC(=O)CCc3cccc(OC)c3OC)ccc12. The molecule has 0 bridgehead atoms. The lowest BCUT2D eigenvalue weighted by Gasteiger charge is -2.12. The van der Waals surface area contributed by atoms with Gasteiger partial charge in [0.1, 0.15) is 11.3 Å². The van der Waals surface area contributed by atoms with Crippen molar-refractivity contribution in [2.24, 2.45) is 0 Å². The monoisotopic (exact) mass is 396 g/mol. The zero-order chi connectivity index (χ0) is 20.8. The van der Waals surface area contributed by atoms with Crippen molar-refractivity contribution >= 4 is 16.9 Å². The van der Waals surface area contributed by atoms with Crippen molar-refractivity contribution in [3.8, 4) is 17.2 Å². The molecule has 3 aromatic rings. The molecule has 0 spiro atoms. The summed E-state index contributed by atoms with van der Waals surface area (Å²) in [5, 5.41) is 0.854. The predicted octanol–water partition coefficient (Wildman–Crippen LogP) is 4.30. The highest BCUT2D eigenvalue weighted by Gasteiger charge is 2.13. The first kappa shape index (κ1) is 20.5. The highest BCUT2D eigenvalue weighted by Crippen LogP contribution is 2.31. The second kappa shape index (κ2) is 9.28. The normalized spacial score (nSPS) is 10.7. The van der Waals surface area contributed by atoms with Gasteiger partial charge in [0.2, 0.25) is 0 Å². The van der Waals surface area contributed by atoms with E-state index in [1.165, 1.54) is 6.07 Å². The molecule has 6 nitrogen and oxygen atoms in total. The van der Waals surface area contributed by atoms with Gasteiger partial charge < -0.3 is 18.6 Å². The van der Waals surface area contributed by atoms with Gasteiger partial charge in [0, 0.05) is 17.5 Å². The number of methoxy groups -OCH3 is 2. The minimum absolute atomic E-state index is 0.168. The van der Waals surface area contributed by atoms with Crippen molar-refractivity contribution in [2.75, 3.05) is 14.2 Å². The average molecular weight is 396 g/mol. The molecule has 29 heavy (non-hydrogen) atoms. The van der Waals surface area contributed by atoms with Crippen LogP contribution < -0.4 is 19.8 Å². The standard InChI is InChI=1S/C23H24O6/c1-4-6-16-13-22(25)29-20-14-17(10-11-18(16)20)28-21(24)12-9-15-7-5-8-19(26-2)23(15)27-3/h5,7-8,10-11,13-14H,4,6,9,12H2,1-3H3. The van der Waals surface area contributed by atoms with Gasteiger partial charge in [0.25, 0.3) is 0 Å². The third-order valence-corrected chi connectivity index (χ3v) is 4.64. The fourth-order valence-corrected chi connectivity index (χ4v) is 3.32. The van der Waals surface area contributed by atoms with Crippen LogP contribution in [0.1, 0.15) is 30.9 Å². The summed E-state index contributed by atoms with van der Waals surface area (Å²) in [5.74, 6) is 1.18. The number of carbonyl (C=O) groups is 1. The van der Waals surface area contributed by atoms with Gasteiger partial charge in [-0.2, -0.15) is 0 Å². The summed E-state index contributed by atoms with van der Waals surface area (Å²) in [7, 11) is 3.13. The highest BCUT2D eigenvalue weighted by atomic mass is 16.5. The van der Waals surface area contributed by atoms with Crippen LogP contribution in [0.2, 0.25) is 0 Å². The smallest absolute Gasteiger partial charge is 0.336 e. The van der Waals surface area contributed by atoms with E-state index in [0.717, 1.165) is 29.4 Å². The summed E-state index contributed by atoms with van der Waals surface area (Å²) in [6, 6.07) is 12.2. The Balaban J connectivity index is 1.73. The fraction of sp³-hybridized carbons (Fsp3) is 0.304. The Hall–Kier alpha value is -3.28. The minimum atomic E-state index is -0.408. The maximum atomic E-state index is 12.3. The number of esters is 1. The molecule has 1 heterocycles. The van der Waals surface area contributed by atoms with Gasteiger partial charge in [-0.25, -0.2) is 4.79 Å². The third kappa shape index (κ3) is 4.77. The van der Waals surface area contributed by atoms with E-state index in [-0.39, 0.29) is 12.4 Å². The van der Waals surface area contributed by atoms with Crippen molar-refractivity contribution in [1.82, 2.24) is 0 Å². The second-order valence-corrected chi connectivity index (χ2v) is 6.63. The molecule has 0 aliphatic carbocycles. The van der Waals surface area contributed by atoms with Gasteiger partial charge in [-0.3, -0.25) is 4.79 Å². The number of ether oxygens (including phenoxy) is 3. The summed E-state index contributed by atoms with van der Waals surface area (Å²) >= 11 is 0. The van der Waals surface area contributed by atoms with Crippen molar-refractivity contribution in [3.63, 3.8) is 0 Å². The number of aryl methyl sites for hydroxylation is 2.